The van der Waals surface area contributed by atoms with Crippen LogP contribution >= 0.6 is 0 Å². The summed E-state index contributed by atoms with van der Waals surface area (Å²) in [6, 6.07) is 12.9. The molecule has 2 aromatic rings. The van der Waals surface area contributed by atoms with Gasteiger partial charge in [0, 0.05) is 0 Å². The van der Waals surface area contributed by atoms with E-state index in [-0.39, 0.29) is 51.0 Å². The van der Waals surface area contributed by atoms with Crippen LogP contribution < -0.4 is 24.8 Å². The smallest absolute Gasteiger partial charge is 1.00 e. The summed E-state index contributed by atoms with van der Waals surface area (Å²) < 4.78 is 0. The van der Waals surface area contributed by atoms with Gasteiger partial charge in [0.25, 0.3) is 0 Å². The van der Waals surface area contributed by atoms with Gasteiger partial charge in [0.1, 0.15) is 0 Å². The van der Waals surface area contributed by atoms with Gasteiger partial charge in [-0.15, -0.1) is 43.0 Å². The van der Waals surface area contributed by atoms with Gasteiger partial charge in [-0.05, 0) is 6.92 Å². The topological polar surface area (TPSA) is 0 Å². The van der Waals surface area contributed by atoms with Gasteiger partial charge in [0.15, 0.2) is 0 Å². The number of aryl methyl sites for hydroxylation is 1. The third-order valence-corrected chi connectivity index (χ3v) is 2.67. The molecule has 0 bridgehead atoms. The molecule has 19 heavy (non-hydrogen) atoms. The zero-order valence-corrected chi connectivity index (χ0v) is 15.1. The molecule has 0 spiro atoms. The van der Waals surface area contributed by atoms with Crippen molar-refractivity contribution in [3.05, 3.63) is 65.8 Å². The van der Waals surface area contributed by atoms with E-state index < -0.39 is 0 Å². The van der Waals surface area contributed by atoms with Crippen LogP contribution in [0.3, 0.4) is 0 Å². The first kappa shape index (κ1) is 21.1. The fraction of sp³-hybridized carbons (Fsp3) is 0.188. The molecule has 0 heterocycles. The first-order valence-electron chi connectivity index (χ1n) is 5.61. The Morgan fingerprint density at radius 3 is 2.37 bits per heavy atom. The predicted octanol–water partition coefficient (Wildman–Crippen LogP) is -1.43. The molecule has 0 nitrogen and oxygen atoms in total. The van der Waals surface area contributed by atoms with Gasteiger partial charge in [-0.3, -0.25) is 6.08 Å². The third kappa shape index (κ3) is 6.66. The molecule has 0 radical (unpaired) electrons. The van der Waals surface area contributed by atoms with Gasteiger partial charge in [-0.2, -0.15) is 23.6 Å². The molecule has 0 aromatic heterocycles. The van der Waals surface area contributed by atoms with Crippen molar-refractivity contribution in [1.29, 1.82) is 0 Å². The number of hydrogen-bond donors (Lipinski definition) is 0. The molecular weight excluding hydrogens is 354 g/mol. The molecule has 0 aliphatic heterocycles. The van der Waals surface area contributed by atoms with Crippen molar-refractivity contribution in [2.24, 2.45) is 0 Å². The van der Waals surface area contributed by atoms with Gasteiger partial charge in [-0.25, -0.2) is 11.6 Å². The molecule has 2 aromatic carbocycles. The van der Waals surface area contributed by atoms with E-state index in [4.69, 9.17) is 0 Å². The van der Waals surface area contributed by atoms with E-state index in [2.05, 4.69) is 62.4 Å². The molecule has 3 rings (SSSR count). The van der Waals surface area contributed by atoms with Crippen molar-refractivity contribution >= 4 is 10.8 Å². The second-order valence-corrected chi connectivity index (χ2v) is 4.16. The van der Waals surface area contributed by atoms with Crippen LogP contribution in [0.2, 0.25) is 0 Å². The van der Waals surface area contributed by atoms with E-state index in [1.54, 1.807) is 0 Å². The van der Waals surface area contributed by atoms with Gasteiger partial charge >= 0.3 is 26.2 Å². The first-order chi connectivity index (χ1) is 7.75. The second-order valence-electron chi connectivity index (χ2n) is 4.16. The van der Waals surface area contributed by atoms with Gasteiger partial charge in [-0.1, -0.05) is 5.56 Å². The Balaban J connectivity index is 0. The van der Waals surface area contributed by atoms with Crippen molar-refractivity contribution in [2.75, 3.05) is 0 Å². The van der Waals surface area contributed by atoms with E-state index in [1.807, 2.05) is 6.08 Å². The number of fused-ring (bicyclic) bond motifs is 1. The SMILES string of the molecule is CC1=CC[C-]=C1.Cc1ccc2[cH-]ccc2c1.[Cl-].[Cl-].[Zr+4]. The summed E-state index contributed by atoms with van der Waals surface area (Å²) in [5.74, 6) is 0. The van der Waals surface area contributed by atoms with Crippen molar-refractivity contribution < 1.29 is 51.0 Å². The van der Waals surface area contributed by atoms with Crippen molar-refractivity contribution in [1.82, 2.24) is 0 Å². The summed E-state index contributed by atoms with van der Waals surface area (Å²) in [5, 5.41) is 2.69. The standard InChI is InChI=1S/C10H9.C6H7.2ClH.Zr/c1-8-5-6-9-3-2-4-10(9)7-8;1-6-4-2-3-5-6;;;/h2-7H,1H3;4-5H,2H2,1H3;2*1H;/q2*-1;;;+4/p-2. The Hall–Kier alpha value is -0.227. The van der Waals surface area contributed by atoms with Gasteiger partial charge in [0.05, 0.1) is 0 Å². The van der Waals surface area contributed by atoms with E-state index in [9.17, 15) is 0 Å². The molecule has 0 saturated heterocycles. The molecule has 0 unspecified atom stereocenters. The zero-order valence-electron chi connectivity index (χ0n) is 11.1. The summed E-state index contributed by atoms with van der Waals surface area (Å²) in [4.78, 5) is 0. The molecule has 1 aliphatic carbocycles. The summed E-state index contributed by atoms with van der Waals surface area (Å²) in [7, 11) is 0. The minimum atomic E-state index is 0. The number of benzene rings is 1. The number of allylic oxidation sites excluding steroid dienone is 4. The van der Waals surface area contributed by atoms with Gasteiger partial charge < -0.3 is 24.8 Å². The normalized spacial score (nSPS) is 11.4. The molecule has 0 fully saturated rings. The Kier molecular flexibility index (Phi) is 11.7. The molecule has 98 valence electrons. The van der Waals surface area contributed by atoms with Crippen molar-refractivity contribution in [2.45, 2.75) is 20.3 Å². The Bertz CT molecular complexity index is 536. The van der Waals surface area contributed by atoms with Crippen LogP contribution in [0.5, 0.6) is 0 Å². The maximum absolute atomic E-state index is 3.05. The fourth-order valence-electron chi connectivity index (χ4n) is 1.74. The Labute approximate surface area is 147 Å². The molecule has 0 N–H and O–H groups in total. The summed E-state index contributed by atoms with van der Waals surface area (Å²) >= 11 is 0. The largest absolute Gasteiger partial charge is 4.00 e. The van der Waals surface area contributed by atoms with Crippen molar-refractivity contribution in [3.8, 4) is 0 Å². The molecule has 0 amide bonds. The third-order valence-electron chi connectivity index (χ3n) is 2.67. The number of hydrogen-bond acceptors (Lipinski definition) is 0. The van der Waals surface area contributed by atoms with Crippen LogP contribution in [-0.2, 0) is 26.2 Å². The van der Waals surface area contributed by atoms with Crippen LogP contribution in [0.15, 0.2) is 54.1 Å². The molecular formula is C16H16Cl2Zr. The van der Waals surface area contributed by atoms with E-state index >= 15 is 0 Å². The van der Waals surface area contributed by atoms with Crippen LogP contribution in [-0.4, -0.2) is 0 Å². The van der Waals surface area contributed by atoms with E-state index in [0.717, 1.165) is 6.42 Å². The summed E-state index contributed by atoms with van der Waals surface area (Å²) in [6.45, 7) is 4.20. The van der Waals surface area contributed by atoms with Gasteiger partial charge in [0.2, 0.25) is 0 Å². The monoisotopic (exact) mass is 368 g/mol. The summed E-state index contributed by atoms with van der Waals surface area (Å²) in [5.41, 5.74) is 2.67. The Morgan fingerprint density at radius 2 is 1.84 bits per heavy atom. The van der Waals surface area contributed by atoms with E-state index in [0.29, 0.717) is 0 Å². The molecule has 0 saturated carbocycles. The minimum Gasteiger partial charge on any atom is -1.00 e. The predicted molar refractivity (Wildman–Crippen MR) is 70.5 cm³/mol. The average Bonchev–Trinajstić information content (AvgIpc) is 2.88. The van der Waals surface area contributed by atoms with E-state index in [1.165, 1.54) is 21.9 Å². The maximum Gasteiger partial charge on any atom is 4.00 e. The van der Waals surface area contributed by atoms with Crippen LogP contribution in [0.4, 0.5) is 0 Å². The zero-order chi connectivity index (χ0) is 11.4. The number of halogens is 2. The first-order valence-corrected chi connectivity index (χ1v) is 5.61. The Morgan fingerprint density at radius 1 is 1.11 bits per heavy atom. The number of rotatable bonds is 0. The maximum atomic E-state index is 3.05. The van der Waals surface area contributed by atoms with Crippen molar-refractivity contribution in [3.63, 3.8) is 0 Å². The van der Waals surface area contributed by atoms with Crippen LogP contribution in [0, 0.1) is 13.0 Å². The molecule has 1 aliphatic rings. The average molecular weight is 370 g/mol. The fourth-order valence-corrected chi connectivity index (χ4v) is 1.74. The minimum absolute atomic E-state index is 0. The quantitative estimate of drug-likeness (QED) is 0.499. The van der Waals surface area contributed by atoms with Crippen LogP contribution in [0.1, 0.15) is 18.9 Å². The summed E-state index contributed by atoms with van der Waals surface area (Å²) in [6.07, 6.45) is 8.24. The molecule has 0 atom stereocenters. The second kappa shape index (κ2) is 10.5. The molecule has 3 heteroatoms. The van der Waals surface area contributed by atoms with Crippen LogP contribution in [0.25, 0.3) is 10.8 Å².